The first-order valence-electron chi connectivity index (χ1n) is 21.0. The number of aliphatic hydroxyl groups excluding tert-OH is 1. The molecule has 1 amide bonds. The molecule has 0 saturated carbocycles. The van der Waals surface area contributed by atoms with Gasteiger partial charge in [0.15, 0.2) is 0 Å². The van der Waals surface area contributed by atoms with E-state index in [4.69, 9.17) is 9.05 Å². The molecule has 0 aromatic heterocycles. The second-order valence-corrected chi connectivity index (χ2v) is 16.7. The van der Waals surface area contributed by atoms with Gasteiger partial charge >= 0.3 is 0 Å². The molecule has 52 heavy (non-hydrogen) atoms. The van der Waals surface area contributed by atoms with E-state index in [1.165, 1.54) is 77.0 Å². The number of allylic oxidation sites excluding steroid dienone is 8. The van der Waals surface area contributed by atoms with Crippen molar-refractivity contribution in [2.24, 2.45) is 0 Å². The first-order valence-corrected chi connectivity index (χ1v) is 22.4. The molecule has 0 aromatic rings. The average Bonchev–Trinajstić information content (AvgIpc) is 3.09. The molecule has 8 nitrogen and oxygen atoms in total. The molecular weight excluding hydrogens is 671 g/mol. The lowest BCUT2D eigenvalue weighted by atomic mass is 10.0. The SMILES string of the molecule is CC/C=C\C/C=C\C/C=C\C/C=C\CCCCCCCCCCCCCCCCC(=O)NC(COP(=O)([O-])OCC[N+](C)(C)C)C(O)CCCCC. The molecule has 0 aliphatic carbocycles. The highest BCUT2D eigenvalue weighted by Gasteiger charge is 2.24. The monoisotopic (exact) mass is 753 g/mol. The number of nitrogens with zero attached hydrogens (tertiary/aromatic N) is 1. The standard InChI is InChI=1S/C43H81N2O6P/c1-6-8-10-11-12-13-14-15-16-17-18-19-20-21-22-23-24-25-26-27-28-29-30-31-32-33-35-37-43(47)44-41(42(46)36-34-9-7-2)40-51-52(48,49)50-39-38-45(3,4)5/h8,10,12-13,15-16,18-19,41-42,46H,6-7,9,11,14,17,20-40H2,1-5H3,(H-,44,47,48,49)/b10-8-,13-12-,16-15-,19-18-. The zero-order valence-electron chi connectivity index (χ0n) is 34.2. The van der Waals surface area contributed by atoms with Gasteiger partial charge in [-0.1, -0.05) is 159 Å². The summed E-state index contributed by atoms with van der Waals surface area (Å²) < 4.78 is 22.9. The Hall–Kier alpha value is -1.54. The summed E-state index contributed by atoms with van der Waals surface area (Å²) in [6.45, 7) is 4.42. The summed E-state index contributed by atoms with van der Waals surface area (Å²) in [7, 11) is 1.29. The predicted octanol–water partition coefficient (Wildman–Crippen LogP) is 10.7. The molecule has 0 aromatic carbocycles. The molecule has 0 fully saturated rings. The highest BCUT2D eigenvalue weighted by atomic mass is 31.2. The summed E-state index contributed by atoms with van der Waals surface area (Å²) in [6.07, 6.45) is 43.5. The molecule has 0 spiro atoms. The third-order valence-electron chi connectivity index (χ3n) is 9.08. The summed E-state index contributed by atoms with van der Waals surface area (Å²) in [4.78, 5) is 24.9. The van der Waals surface area contributed by atoms with E-state index in [0.29, 0.717) is 23.9 Å². The molecule has 3 atom stereocenters. The number of carbonyl (C=O) groups is 1. The molecule has 304 valence electrons. The van der Waals surface area contributed by atoms with Crippen molar-refractivity contribution >= 4 is 13.7 Å². The molecule has 2 N–H and O–H groups in total. The zero-order valence-corrected chi connectivity index (χ0v) is 35.1. The normalized spacial score (nSPS) is 15.0. The zero-order chi connectivity index (χ0) is 38.6. The van der Waals surface area contributed by atoms with Crippen molar-refractivity contribution < 1.29 is 32.9 Å². The van der Waals surface area contributed by atoms with Crippen LogP contribution in [0.5, 0.6) is 0 Å². The van der Waals surface area contributed by atoms with Crippen LogP contribution in [-0.4, -0.2) is 68.5 Å². The van der Waals surface area contributed by atoms with E-state index < -0.39 is 20.0 Å². The minimum Gasteiger partial charge on any atom is -0.756 e. The van der Waals surface area contributed by atoms with Crippen molar-refractivity contribution in [2.75, 3.05) is 40.9 Å². The van der Waals surface area contributed by atoms with Gasteiger partial charge in [-0.05, 0) is 51.4 Å². The van der Waals surface area contributed by atoms with Gasteiger partial charge < -0.3 is 28.8 Å². The van der Waals surface area contributed by atoms with Gasteiger partial charge in [0.25, 0.3) is 7.82 Å². The van der Waals surface area contributed by atoms with Gasteiger partial charge in [-0.2, -0.15) is 0 Å². The van der Waals surface area contributed by atoms with E-state index in [1.54, 1.807) is 0 Å². The van der Waals surface area contributed by atoms with Crippen LogP contribution < -0.4 is 10.2 Å². The minimum absolute atomic E-state index is 0.00926. The van der Waals surface area contributed by atoms with E-state index >= 15 is 0 Å². The number of hydrogen-bond donors (Lipinski definition) is 2. The van der Waals surface area contributed by atoms with Crippen LogP contribution >= 0.6 is 7.82 Å². The molecule has 0 saturated heterocycles. The Balaban J connectivity index is 3.87. The number of rotatable bonds is 37. The highest BCUT2D eigenvalue weighted by molar-refractivity contribution is 7.45. The summed E-state index contributed by atoms with van der Waals surface area (Å²) in [5, 5.41) is 13.5. The topological polar surface area (TPSA) is 108 Å². The van der Waals surface area contributed by atoms with Crippen molar-refractivity contribution in [2.45, 2.75) is 180 Å². The van der Waals surface area contributed by atoms with Gasteiger partial charge in [0.2, 0.25) is 5.91 Å². The third-order valence-corrected chi connectivity index (χ3v) is 10.0. The summed E-state index contributed by atoms with van der Waals surface area (Å²) in [6, 6.07) is -0.796. The van der Waals surface area contributed by atoms with Crippen molar-refractivity contribution in [3.05, 3.63) is 48.6 Å². The number of nitrogens with one attached hydrogen (secondary N) is 1. The molecule has 9 heteroatoms. The van der Waals surface area contributed by atoms with Gasteiger partial charge in [0.05, 0.1) is 39.9 Å². The second-order valence-electron chi connectivity index (χ2n) is 15.3. The van der Waals surface area contributed by atoms with Crippen molar-refractivity contribution in [3.8, 4) is 0 Å². The second kappa shape index (κ2) is 35.2. The Morgan fingerprint density at radius 1 is 0.692 bits per heavy atom. The molecule has 0 radical (unpaired) electrons. The number of quaternary nitrogens is 1. The van der Waals surface area contributed by atoms with E-state index in [1.807, 2.05) is 21.1 Å². The molecule has 0 heterocycles. The lowest BCUT2D eigenvalue weighted by Crippen LogP contribution is -2.46. The Labute approximate surface area is 320 Å². The Morgan fingerprint density at radius 3 is 1.67 bits per heavy atom. The molecule has 0 rings (SSSR count). The maximum atomic E-state index is 12.7. The van der Waals surface area contributed by atoms with E-state index in [9.17, 15) is 19.4 Å². The number of aliphatic hydroxyl groups is 1. The fourth-order valence-corrected chi connectivity index (χ4v) is 6.46. The number of phosphoric acid groups is 1. The van der Waals surface area contributed by atoms with Gasteiger partial charge in [-0.3, -0.25) is 9.36 Å². The fraction of sp³-hybridized carbons (Fsp3) is 0.791. The summed E-state index contributed by atoms with van der Waals surface area (Å²) in [5.74, 6) is -0.180. The number of amides is 1. The van der Waals surface area contributed by atoms with E-state index in [2.05, 4.69) is 67.8 Å². The fourth-order valence-electron chi connectivity index (χ4n) is 5.73. The predicted molar refractivity (Wildman–Crippen MR) is 219 cm³/mol. The van der Waals surface area contributed by atoms with Crippen molar-refractivity contribution in [3.63, 3.8) is 0 Å². The average molecular weight is 753 g/mol. The smallest absolute Gasteiger partial charge is 0.268 e. The maximum absolute atomic E-state index is 12.7. The minimum atomic E-state index is -4.54. The van der Waals surface area contributed by atoms with Gasteiger partial charge in [0, 0.05) is 6.42 Å². The van der Waals surface area contributed by atoms with E-state index in [0.717, 1.165) is 64.2 Å². The summed E-state index contributed by atoms with van der Waals surface area (Å²) >= 11 is 0. The highest BCUT2D eigenvalue weighted by Crippen LogP contribution is 2.38. The quantitative estimate of drug-likeness (QED) is 0.0283. The molecule has 0 bridgehead atoms. The lowest BCUT2D eigenvalue weighted by molar-refractivity contribution is -0.870. The van der Waals surface area contributed by atoms with Crippen LogP contribution in [-0.2, 0) is 18.4 Å². The van der Waals surface area contributed by atoms with Crippen LogP contribution in [0, 0.1) is 0 Å². The van der Waals surface area contributed by atoms with Crippen LogP contribution in [0.15, 0.2) is 48.6 Å². The van der Waals surface area contributed by atoms with E-state index in [-0.39, 0.29) is 19.1 Å². The van der Waals surface area contributed by atoms with Gasteiger partial charge in [-0.25, -0.2) is 0 Å². The van der Waals surface area contributed by atoms with Crippen molar-refractivity contribution in [1.82, 2.24) is 5.32 Å². The molecule has 0 aliphatic heterocycles. The van der Waals surface area contributed by atoms with Crippen LogP contribution in [0.25, 0.3) is 0 Å². The summed E-state index contributed by atoms with van der Waals surface area (Å²) in [5.41, 5.74) is 0. The Kier molecular flexibility index (Phi) is 34.1. The third kappa shape index (κ3) is 36.8. The Morgan fingerprint density at radius 2 is 1.17 bits per heavy atom. The van der Waals surface area contributed by atoms with Crippen LogP contribution in [0.1, 0.15) is 168 Å². The van der Waals surface area contributed by atoms with Gasteiger partial charge in [0.1, 0.15) is 13.2 Å². The molecule has 3 unspecified atom stereocenters. The van der Waals surface area contributed by atoms with Crippen molar-refractivity contribution in [1.29, 1.82) is 0 Å². The number of unbranched alkanes of at least 4 members (excludes halogenated alkanes) is 16. The Bertz CT molecular complexity index is 991. The number of phosphoric ester groups is 1. The number of likely N-dealkylation sites (N-methyl/N-ethyl adjacent to an activating group) is 1. The van der Waals surface area contributed by atoms with Gasteiger partial charge in [-0.15, -0.1) is 0 Å². The van der Waals surface area contributed by atoms with Crippen LogP contribution in [0.4, 0.5) is 0 Å². The van der Waals surface area contributed by atoms with Crippen LogP contribution in [0.2, 0.25) is 0 Å². The largest absolute Gasteiger partial charge is 0.756 e. The first-order chi connectivity index (χ1) is 25.0. The first kappa shape index (κ1) is 50.5. The number of hydrogen-bond acceptors (Lipinski definition) is 6. The molecular formula is C43H81N2O6P. The van der Waals surface area contributed by atoms with Crippen LogP contribution in [0.3, 0.4) is 0 Å². The maximum Gasteiger partial charge on any atom is 0.268 e. The number of carbonyl (C=O) groups excluding carboxylic acids is 1. The molecule has 0 aliphatic rings. The lowest BCUT2D eigenvalue weighted by Gasteiger charge is -2.30.